The van der Waals surface area contributed by atoms with Gasteiger partial charge < -0.3 is 15.5 Å². The SMILES string of the molecule is NS(=O)(=O)c1ccc(NC(=S)NCCCN2CCCC2=O)cc1. The summed E-state index contributed by atoms with van der Waals surface area (Å²) >= 11 is 5.17. The number of nitrogens with one attached hydrogen (secondary N) is 2. The van der Waals surface area contributed by atoms with E-state index in [2.05, 4.69) is 10.6 Å². The molecule has 0 atom stereocenters. The lowest BCUT2D eigenvalue weighted by Gasteiger charge is -2.16. The average molecular weight is 356 g/mol. The number of nitrogens with two attached hydrogens (primary N) is 1. The molecule has 0 aliphatic carbocycles. The summed E-state index contributed by atoms with van der Waals surface area (Å²) in [4.78, 5) is 13.4. The van der Waals surface area contributed by atoms with Crippen LogP contribution in [0.3, 0.4) is 0 Å². The second kappa shape index (κ2) is 7.71. The minimum Gasteiger partial charge on any atom is -0.362 e. The summed E-state index contributed by atoms with van der Waals surface area (Å²) in [5.74, 6) is 0.223. The molecule has 0 spiro atoms. The maximum Gasteiger partial charge on any atom is 0.238 e. The fourth-order valence-electron chi connectivity index (χ4n) is 2.32. The summed E-state index contributed by atoms with van der Waals surface area (Å²) < 4.78 is 22.3. The van der Waals surface area contributed by atoms with Gasteiger partial charge >= 0.3 is 0 Å². The Bertz CT molecular complexity index is 674. The predicted octanol–water partition coefficient (Wildman–Crippen LogP) is 0.633. The van der Waals surface area contributed by atoms with E-state index in [0.717, 1.165) is 25.9 Å². The molecule has 23 heavy (non-hydrogen) atoms. The lowest BCUT2D eigenvalue weighted by Crippen LogP contribution is -2.32. The first-order valence-corrected chi connectivity index (χ1v) is 9.27. The van der Waals surface area contributed by atoms with E-state index >= 15 is 0 Å². The largest absolute Gasteiger partial charge is 0.362 e. The molecule has 1 saturated heterocycles. The number of nitrogens with zero attached hydrogens (tertiary/aromatic N) is 1. The summed E-state index contributed by atoms with van der Waals surface area (Å²) in [5.41, 5.74) is 0.671. The molecule has 1 aliphatic heterocycles. The molecule has 126 valence electrons. The van der Waals surface area contributed by atoms with Gasteiger partial charge in [0, 0.05) is 31.7 Å². The van der Waals surface area contributed by atoms with Crippen molar-refractivity contribution in [3.05, 3.63) is 24.3 Å². The Morgan fingerprint density at radius 2 is 2.00 bits per heavy atom. The highest BCUT2D eigenvalue weighted by molar-refractivity contribution is 7.89. The number of carbonyl (C=O) groups is 1. The summed E-state index contributed by atoms with van der Waals surface area (Å²) in [5, 5.41) is 11.5. The number of likely N-dealkylation sites (tertiary alicyclic amines) is 1. The number of sulfonamides is 1. The van der Waals surface area contributed by atoms with Crippen LogP contribution >= 0.6 is 12.2 Å². The highest BCUT2D eigenvalue weighted by Gasteiger charge is 2.18. The Morgan fingerprint density at radius 3 is 2.57 bits per heavy atom. The molecule has 0 radical (unpaired) electrons. The van der Waals surface area contributed by atoms with Gasteiger partial charge in [0.15, 0.2) is 5.11 Å². The monoisotopic (exact) mass is 356 g/mol. The van der Waals surface area contributed by atoms with Crippen LogP contribution in [0.5, 0.6) is 0 Å². The third kappa shape index (κ3) is 5.45. The van der Waals surface area contributed by atoms with Gasteiger partial charge in [-0.05, 0) is 49.3 Å². The molecule has 7 nitrogen and oxygen atoms in total. The maximum absolute atomic E-state index is 11.5. The van der Waals surface area contributed by atoms with Crippen molar-refractivity contribution in [2.75, 3.05) is 25.0 Å². The Balaban J connectivity index is 1.71. The van der Waals surface area contributed by atoms with Crippen molar-refractivity contribution in [3.63, 3.8) is 0 Å². The highest BCUT2D eigenvalue weighted by atomic mass is 32.2. The van der Waals surface area contributed by atoms with Crippen LogP contribution in [0.4, 0.5) is 5.69 Å². The van der Waals surface area contributed by atoms with Crippen molar-refractivity contribution >= 4 is 38.9 Å². The van der Waals surface area contributed by atoms with Crippen molar-refractivity contribution in [1.29, 1.82) is 0 Å². The lowest BCUT2D eigenvalue weighted by molar-refractivity contribution is -0.127. The molecule has 9 heteroatoms. The van der Waals surface area contributed by atoms with Gasteiger partial charge in [-0.1, -0.05) is 0 Å². The summed E-state index contributed by atoms with van der Waals surface area (Å²) in [6, 6.07) is 6.02. The first-order valence-electron chi connectivity index (χ1n) is 7.32. The topological polar surface area (TPSA) is 105 Å². The number of amides is 1. The van der Waals surface area contributed by atoms with E-state index in [1.54, 1.807) is 12.1 Å². The van der Waals surface area contributed by atoms with Gasteiger partial charge in [-0.3, -0.25) is 4.79 Å². The standard InChI is InChI=1S/C14H20N4O3S2/c15-23(20,21)12-6-4-11(5-7-12)17-14(22)16-8-2-10-18-9-1-3-13(18)19/h4-7H,1-3,8-10H2,(H2,15,20,21)(H2,16,17,22). The smallest absolute Gasteiger partial charge is 0.238 e. The molecular formula is C14H20N4O3S2. The Morgan fingerprint density at radius 1 is 1.30 bits per heavy atom. The number of carbonyl (C=O) groups excluding carboxylic acids is 1. The number of rotatable bonds is 6. The quantitative estimate of drug-likeness (QED) is 0.510. The normalized spacial score (nSPS) is 14.8. The molecule has 0 saturated carbocycles. The van der Waals surface area contributed by atoms with Gasteiger partial charge in [-0.2, -0.15) is 0 Å². The Kier molecular flexibility index (Phi) is 5.91. The number of benzene rings is 1. The molecule has 1 aromatic carbocycles. The number of primary sulfonamides is 1. The molecule has 1 aromatic rings. The van der Waals surface area contributed by atoms with E-state index in [1.807, 2.05) is 4.90 Å². The van der Waals surface area contributed by atoms with Crippen molar-refractivity contribution in [3.8, 4) is 0 Å². The van der Waals surface area contributed by atoms with Crippen molar-refractivity contribution in [2.45, 2.75) is 24.2 Å². The average Bonchev–Trinajstić information content (AvgIpc) is 2.89. The summed E-state index contributed by atoms with van der Waals surface area (Å²) in [6.07, 6.45) is 2.42. The van der Waals surface area contributed by atoms with E-state index in [-0.39, 0.29) is 10.8 Å². The van der Waals surface area contributed by atoms with Crippen LogP contribution in [0.2, 0.25) is 0 Å². The fourth-order valence-corrected chi connectivity index (χ4v) is 3.05. The van der Waals surface area contributed by atoms with Crippen LogP contribution in [0.1, 0.15) is 19.3 Å². The number of hydrogen-bond donors (Lipinski definition) is 3. The second-order valence-corrected chi connectivity index (χ2v) is 7.26. The predicted molar refractivity (Wildman–Crippen MR) is 92.5 cm³/mol. The fraction of sp³-hybridized carbons (Fsp3) is 0.429. The van der Waals surface area contributed by atoms with Crippen LogP contribution in [0.25, 0.3) is 0 Å². The molecule has 1 aliphatic rings. The van der Waals surface area contributed by atoms with Gasteiger partial charge in [-0.25, -0.2) is 13.6 Å². The molecule has 0 bridgehead atoms. The zero-order chi connectivity index (χ0) is 16.9. The molecular weight excluding hydrogens is 336 g/mol. The minimum atomic E-state index is -3.69. The van der Waals surface area contributed by atoms with Gasteiger partial charge in [0.1, 0.15) is 0 Å². The van der Waals surface area contributed by atoms with Gasteiger partial charge in [0.2, 0.25) is 15.9 Å². The van der Waals surface area contributed by atoms with Crippen LogP contribution < -0.4 is 15.8 Å². The van der Waals surface area contributed by atoms with E-state index in [4.69, 9.17) is 17.4 Å². The van der Waals surface area contributed by atoms with E-state index in [1.165, 1.54) is 12.1 Å². The second-order valence-electron chi connectivity index (χ2n) is 5.29. The van der Waals surface area contributed by atoms with Crippen LogP contribution in [-0.4, -0.2) is 44.0 Å². The van der Waals surface area contributed by atoms with E-state index in [9.17, 15) is 13.2 Å². The van der Waals surface area contributed by atoms with Crippen LogP contribution in [-0.2, 0) is 14.8 Å². The van der Waals surface area contributed by atoms with Crippen molar-refractivity contribution in [2.24, 2.45) is 5.14 Å². The van der Waals surface area contributed by atoms with E-state index < -0.39 is 10.0 Å². The molecule has 4 N–H and O–H groups in total. The first kappa shape index (κ1) is 17.6. The minimum absolute atomic E-state index is 0.0530. The number of thiocarbonyl (C=S) groups is 1. The zero-order valence-corrected chi connectivity index (χ0v) is 14.3. The molecule has 2 rings (SSSR count). The molecule has 1 amide bonds. The zero-order valence-electron chi connectivity index (χ0n) is 12.6. The molecule has 1 fully saturated rings. The molecule has 1 heterocycles. The molecule has 0 unspecified atom stereocenters. The third-order valence-electron chi connectivity index (χ3n) is 3.50. The maximum atomic E-state index is 11.5. The van der Waals surface area contributed by atoms with Gasteiger partial charge in [0.05, 0.1) is 4.90 Å². The lowest BCUT2D eigenvalue weighted by atomic mass is 10.3. The number of hydrogen-bond acceptors (Lipinski definition) is 4. The third-order valence-corrected chi connectivity index (χ3v) is 4.68. The van der Waals surface area contributed by atoms with Gasteiger partial charge in [-0.15, -0.1) is 0 Å². The van der Waals surface area contributed by atoms with E-state index in [0.29, 0.717) is 23.8 Å². The molecule has 0 aromatic heterocycles. The summed E-state index contributed by atoms with van der Waals surface area (Å²) in [7, 11) is -3.69. The highest BCUT2D eigenvalue weighted by Crippen LogP contribution is 2.12. The number of anilines is 1. The van der Waals surface area contributed by atoms with Crippen molar-refractivity contribution in [1.82, 2.24) is 10.2 Å². The Hall–Kier alpha value is -1.71. The van der Waals surface area contributed by atoms with Crippen LogP contribution in [0, 0.1) is 0 Å². The van der Waals surface area contributed by atoms with Gasteiger partial charge in [0.25, 0.3) is 0 Å². The summed E-state index contributed by atoms with van der Waals surface area (Å²) in [6.45, 7) is 2.24. The first-order chi connectivity index (χ1) is 10.9. The Labute approximate surface area is 141 Å². The van der Waals surface area contributed by atoms with Crippen molar-refractivity contribution < 1.29 is 13.2 Å². The van der Waals surface area contributed by atoms with Crippen LogP contribution in [0.15, 0.2) is 29.2 Å².